The quantitative estimate of drug-likeness (QED) is 0.398. The molecule has 0 aromatic rings. The maximum atomic E-state index is 12.2. The second-order valence-corrected chi connectivity index (χ2v) is 11.1. The molecule has 0 aromatic carbocycles. The monoisotopic (exact) mass is 236 g/mol. The first-order chi connectivity index (χ1) is 7.05. The lowest BCUT2D eigenvalue weighted by Crippen LogP contribution is -2.38. The van der Waals surface area contributed by atoms with Crippen LogP contribution in [0.3, 0.4) is 0 Å². The molecule has 0 bridgehead atoms. The average Bonchev–Trinajstić information content (AvgIpc) is 2.09. The van der Waals surface area contributed by atoms with Gasteiger partial charge in [-0.25, -0.2) is 0 Å². The van der Waals surface area contributed by atoms with Gasteiger partial charge in [-0.1, -0.05) is 25.3 Å². The Morgan fingerprint density at radius 3 is 2.12 bits per heavy atom. The number of hydrogen-bond acceptors (Lipinski definition) is 2. The van der Waals surface area contributed by atoms with Gasteiger partial charge in [0.25, 0.3) is 0 Å². The number of rotatable bonds is 1. The van der Waals surface area contributed by atoms with Gasteiger partial charge in [-0.15, -0.1) is 0 Å². The van der Waals surface area contributed by atoms with Crippen LogP contribution in [0.15, 0.2) is 22.9 Å². The van der Waals surface area contributed by atoms with Gasteiger partial charge < -0.3 is 0 Å². The first kappa shape index (κ1) is 13.1. The highest BCUT2D eigenvalue weighted by Crippen LogP contribution is 2.32. The molecule has 0 saturated carbocycles. The fraction of sp³-hybridized carbons (Fsp3) is 0.538. The van der Waals surface area contributed by atoms with E-state index in [1.165, 1.54) is 0 Å². The summed E-state index contributed by atoms with van der Waals surface area (Å²) in [4.78, 5) is 24.0. The van der Waals surface area contributed by atoms with Crippen molar-refractivity contribution >= 4 is 19.6 Å². The van der Waals surface area contributed by atoms with Crippen molar-refractivity contribution in [1.82, 2.24) is 0 Å². The van der Waals surface area contributed by atoms with Crippen molar-refractivity contribution in [3.63, 3.8) is 0 Å². The Kier molecular flexibility index (Phi) is 3.12. The third-order valence-corrected chi connectivity index (χ3v) is 3.93. The van der Waals surface area contributed by atoms with Crippen LogP contribution in [0.4, 0.5) is 0 Å². The van der Waals surface area contributed by atoms with E-state index in [9.17, 15) is 9.59 Å². The molecule has 0 aliphatic heterocycles. The first-order valence-corrected chi connectivity index (χ1v) is 9.14. The van der Waals surface area contributed by atoms with Crippen LogP contribution < -0.4 is 0 Å². The van der Waals surface area contributed by atoms with Gasteiger partial charge in [-0.3, -0.25) is 9.59 Å². The molecule has 3 heteroatoms. The molecule has 0 amide bonds. The Bertz CT molecular complexity index is 406. The van der Waals surface area contributed by atoms with Crippen LogP contribution in [0.25, 0.3) is 0 Å². The predicted octanol–water partition coefficient (Wildman–Crippen LogP) is 2.91. The average molecular weight is 236 g/mol. The summed E-state index contributed by atoms with van der Waals surface area (Å²) in [6.45, 7) is 11.8. The van der Waals surface area contributed by atoms with Gasteiger partial charge in [0.15, 0.2) is 11.6 Å². The van der Waals surface area contributed by atoms with E-state index in [0.29, 0.717) is 0 Å². The second kappa shape index (κ2) is 3.81. The van der Waals surface area contributed by atoms with Crippen molar-refractivity contribution in [2.45, 2.75) is 40.4 Å². The third kappa shape index (κ3) is 2.40. The zero-order valence-electron chi connectivity index (χ0n) is 11.0. The largest absolute Gasteiger partial charge is 0.294 e. The van der Waals surface area contributed by atoms with Crippen molar-refractivity contribution in [3.05, 3.63) is 22.9 Å². The van der Waals surface area contributed by atoms with E-state index in [1.807, 2.05) is 6.92 Å². The molecule has 1 aliphatic rings. The molecule has 0 heterocycles. The summed E-state index contributed by atoms with van der Waals surface area (Å²) in [5.41, 5.74) is 2.78. The van der Waals surface area contributed by atoms with Gasteiger partial charge in [-0.05, 0) is 32.4 Å². The highest BCUT2D eigenvalue weighted by atomic mass is 28.3. The van der Waals surface area contributed by atoms with Crippen LogP contribution in [0.2, 0.25) is 19.6 Å². The molecule has 0 aromatic heterocycles. The van der Waals surface area contributed by atoms with E-state index >= 15 is 0 Å². The first-order valence-electron chi connectivity index (χ1n) is 5.56. The summed E-state index contributed by atoms with van der Waals surface area (Å²) in [5, 5.41) is 0. The molecule has 16 heavy (non-hydrogen) atoms. The topological polar surface area (TPSA) is 34.1 Å². The van der Waals surface area contributed by atoms with Crippen LogP contribution in [0, 0.1) is 5.41 Å². The van der Waals surface area contributed by atoms with Crippen molar-refractivity contribution in [1.29, 1.82) is 0 Å². The highest BCUT2D eigenvalue weighted by Gasteiger charge is 2.40. The van der Waals surface area contributed by atoms with E-state index in [1.54, 1.807) is 19.9 Å². The van der Waals surface area contributed by atoms with Gasteiger partial charge >= 0.3 is 0 Å². The second-order valence-electron chi connectivity index (χ2n) is 6.07. The SMILES string of the molecule is CC1=CC(=O)C(C)(C)C(=O)/C1=C/[Si](C)(C)C. The van der Waals surface area contributed by atoms with Crippen molar-refractivity contribution in [2.24, 2.45) is 5.41 Å². The summed E-state index contributed by atoms with van der Waals surface area (Å²) in [5.74, 6) is -0.109. The Morgan fingerprint density at radius 2 is 1.69 bits per heavy atom. The normalized spacial score (nSPS) is 23.6. The Hall–Kier alpha value is -0.963. The molecule has 2 nitrogen and oxygen atoms in total. The summed E-state index contributed by atoms with van der Waals surface area (Å²) < 4.78 is 0. The van der Waals surface area contributed by atoms with Gasteiger partial charge in [0.2, 0.25) is 0 Å². The lowest BCUT2D eigenvalue weighted by Gasteiger charge is -2.28. The molecular weight excluding hydrogens is 216 g/mol. The Labute approximate surface area is 98.4 Å². The fourth-order valence-corrected chi connectivity index (χ4v) is 2.92. The lowest BCUT2D eigenvalue weighted by molar-refractivity contribution is -0.134. The summed E-state index contributed by atoms with van der Waals surface area (Å²) in [7, 11) is -1.45. The van der Waals surface area contributed by atoms with Crippen LogP contribution in [0.5, 0.6) is 0 Å². The standard InChI is InChI=1S/C13H20O2Si/c1-9-7-11(14)13(2,3)12(15)10(9)8-16(4,5)6/h7-8H,1-6H3/b10-8+. The number of carbonyl (C=O) groups excluding carboxylic acids is 2. The number of ketones is 2. The highest BCUT2D eigenvalue weighted by molar-refractivity contribution is 6.81. The Balaban J connectivity index is 3.33. The molecular formula is C13H20O2Si. The lowest BCUT2D eigenvalue weighted by atomic mass is 9.74. The van der Waals surface area contributed by atoms with Crippen molar-refractivity contribution in [2.75, 3.05) is 0 Å². The summed E-state index contributed by atoms with van der Waals surface area (Å²) >= 11 is 0. The zero-order chi connectivity index (χ0) is 12.7. The maximum absolute atomic E-state index is 12.2. The van der Waals surface area contributed by atoms with E-state index in [-0.39, 0.29) is 11.6 Å². The molecule has 0 unspecified atom stereocenters. The van der Waals surface area contributed by atoms with E-state index in [2.05, 4.69) is 25.3 Å². The summed E-state index contributed by atoms with van der Waals surface area (Å²) in [6.07, 6.45) is 1.60. The molecule has 0 saturated heterocycles. The molecule has 0 atom stereocenters. The fourth-order valence-electron chi connectivity index (χ4n) is 1.69. The molecule has 0 N–H and O–H groups in total. The van der Waals surface area contributed by atoms with Crippen LogP contribution in [-0.2, 0) is 9.59 Å². The smallest absolute Gasteiger partial charge is 0.175 e. The molecule has 88 valence electrons. The van der Waals surface area contributed by atoms with Gasteiger partial charge in [0.1, 0.15) is 0 Å². The van der Waals surface area contributed by atoms with Crippen LogP contribution in [-0.4, -0.2) is 19.6 Å². The van der Waals surface area contributed by atoms with Crippen LogP contribution >= 0.6 is 0 Å². The van der Waals surface area contributed by atoms with Gasteiger partial charge in [0, 0.05) is 5.57 Å². The Morgan fingerprint density at radius 1 is 1.19 bits per heavy atom. The third-order valence-electron chi connectivity index (χ3n) is 2.78. The molecule has 0 radical (unpaired) electrons. The number of allylic oxidation sites excluding steroid dienone is 3. The molecule has 0 fully saturated rings. The van der Waals surface area contributed by atoms with E-state index < -0.39 is 13.5 Å². The van der Waals surface area contributed by atoms with Crippen molar-refractivity contribution < 1.29 is 9.59 Å². The van der Waals surface area contributed by atoms with Gasteiger partial charge in [0.05, 0.1) is 13.5 Å². The minimum atomic E-state index is -1.45. The zero-order valence-corrected chi connectivity index (χ0v) is 12.0. The summed E-state index contributed by atoms with van der Waals surface area (Å²) in [6, 6.07) is 0. The molecule has 1 rings (SSSR count). The van der Waals surface area contributed by atoms with E-state index in [4.69, 9.17) is 0 Å². The van der Waals surface area contributed by atoms with Crippen molar-refractivity contribution in [3.8, 4) is 0 Å². The minimum Gasteiger partial charge on any atom is -0.294 e. The number of Topliss-reactive ketones (excluding diaryl/α,β-unsaturated/α-hetero) is 1. The van der Waals surface area contributed by atoms with Crippen LogP contribution in [0.1, 0.15) is 20.8 Å². The maximum Gasteiger partial charge on any atom is 0.175 e. The molecule has 0 spiro atoms. The number of carbonyl (C=O) groups is 2. The number of hydrogen-bond donors (Lipinski definition) is 0. The van der Waals surface area contributed by atoms with E-state index in [0.717, 1.165) is 11.1 Å². The van der Waals surface area contributed by atoms with Gasteiger partial charge in [-0.2, -0.15) is 0 Å². The predicted molar refractivity (Wildman–Crippen MR) is 69.0 cm³/mol. The molecule has 1 aliphatic carbocycles. The minimum absolute atomic E-state index is 0.0278.